The lowest BCUT2D eigenvalue weighted by Gasteiger charge is -2.60. The molecule has 1 atom stereocenters. The molecular formula is C29H31F4N7O2. The summed E-state index contributed by atoms with van der Waals surface area (Å²) in [6, 6.07) is 3.98. The average molecular weight is 586 g/mol. The lowest BCUT2D eigenvalue weighted by atomic mass is 9.72. The van der Waals surface area contributed by atoms with Crippen molar-refractivity contribution in [2.45, 2.75) is 32.0 Å². The highest BCUT2D eigenvalue weighted by Gasteiger charge is 2.53. The molecule has 222 valence electrons. The van der Waals surface area contributed by atoms with Crippen molar-refractivity contribution in [3.8, 4) is 17.3 Å². The van der Waals surface area contributed by atoms with E-state index in [2.05, 4.69) is 26.4 Å². The summed E-state index contributed by atoms with van der Waals surface area (Å²) in [6.07, 6.45) is -1.53. The minimum Gasteiger partial charge on any atom is -0.462 e. The third-order valence-electron chi connectivity index (χ3n) is 8.51. The molecule has 42 heavy (non-hydrogen) atoms. The van der Waals surface area contributed by atoms with Gasteiger partial charge < -0.3 is 25.2 Å². The average Bonchev–Trinajstić information content (AvgIpc) is 3.29. The number of rotatable bonds is 6. The smallest absolute Gasteiger partial charge is 0.418 e. The molecule has 0 saturated carbocycles. The van der Waals surface area contributed by atoms with Gasteiger partial charge in [-0.25, -0.2) is 9.37 Å². The molecule has 2 N–H and O–H groups in total. The zero-order valence-corrected chi connectivity index (χ0v) is 23.3. The molecule has 1 spiro atoms. The van der Waals surface area contributed by atoms with Crippen molar-refractivity contribution in [3.63, 3.8) is 0 Å². The fraction of sp³-hybridized carbons (Fsp3) is 0.448. The van der Waals surface area contributed by atoms with E-state index in [1.165, 1.54) is 25.1 Å². The summed E-state index contributed by atoms with van der Waals surface area (Å²) in [5.74, 6) is -0.827. The van der Waals surface area contributed by atoms with E-state index in [-0.39, 0.29) is 45.8 Å². The summed E-state index contributed by atoms with van der Waals surface area (Å²) in [4.78, 5) is 30.6. The van der Waals surface area contributed by atoms with Crippen LogP contribution < -0.4 is 15.4 Å². The summed E-state index contributed by atoms with van der Waals surface area (Å²) >= 11 is 0. The second-order valence-corrected chi connectivity index (χ2v) is 11.6. The number of likely N-dealkylation sites (N-methyl/N-ethyl adjacent to an activating group) is 1. The predicted octanol–water partition coefficient (Wildman–Crippen LogP) is 4.05. The van der Waals surface area contributed by atoms with Gasteiger partial charge in [0.05, 0.1) is 11.3 Å². The molecule has 0 aliphatic carbocycles. The number of nitrogen functional groups attached to an aromatic ring is 1. The first kappa shape index (κ1) is 28.1. The Balaban J connectivity index is 1.40. The largest absolute Gasteiger partial charge is 0.462 e. The van der Waals surface area contributed by atoms with E-state index in [4.69, 9.17) is 10.5 Å². The van der Waals surface area contributed by atoms with Crippen LogP contribution >= 0.6 is 0 Å². The number of pyridine rings is 1. The Labute approximate surface area is 240 Å². The number of likely N-dealkylation sites (tertiary alicyclic amines) is 2. The first-order chi connectivity index (χ1) is 19.9. The van der Waals surface area contributed by atoms with Gasteiger partial charge in [-0.05, 0) is 63.2 Å². The minimum atomic E-state index is -4.78. The van der Waals surface area contributed by atoms with Crippen molar-refractivity contribution in [3.05, 3.63) is 47.8 Å². The maximum Gasteiger partial charge on any atom is 0.418 e. The van der Waals surface area contributed by atoms with Gasteiger partial charge in [-0.1, -0.05) is 6.58 Å². The summed E-state index contributed by atoms with van der Waals surface area (Å²) in [7, 11) is 2.00. The standard InChI is InChI=1S/C29H31F4N7O2/c1-4-21(41)39-12-28(13-39)14-40(15-28)26-19-8-7-18(24-22(29(31,32)33)16(2)10-20(34)35-24)23(30)25(19)36-27(37-26)42-11-17-6-5-9-38(17)3/h4,7-8,10,17H,1,5-6,9,11-15H2,2-3H3,(H2,34,35). The Bertz CT molecular complexity index is 1580. The van der Waals surface area contributed by atoms with Crippen molar-refractivity contribution < 1.29 is 27.1 Å². The third-order valence-corrected chi connectivity index (χ3v) is 8.51. The van der Waals surface area contributed by atoms with E-state index in [1.54, 1.807) is 4.90 Å². The van der Waals surface area contributed by atoms with E-state index in [1.807, 2.05) is 11.9 Å². The lowest BCUT2D eigenvalue weighted by Crippen LogP contribution is -2.73. The molecule has 3 fully saturated rings. The van der Waals surface area contributed by atoms with Gasteiger partial charge in [-0.15, -0.1) is 0 Å². The number of benzene rings is 1. The summed E-state index contributed by atoms with van der Waals surface area (Å²) in [6.45, 7) is 8.32. The Hall–Kier alpha value is -4.00. The first-order valence-electron chi connectivity index (χ1n) is 13.7. The number of carbonyl (C=O) groups is 1. The fourth-order valence-corrected chi connectivity index (χ4v) is 6.39. The Morgan fingerprint density at radius 1 is 1.21 bits per heavy atom. The molecule has 1 amide bonds. The molecule has 5 heterocycles. The van der Waals surface area contributed by atoms with Gasteiger partial charge in [0.15, 0.2) is 5.82 Å². The van der Waals surface area contributed by atoms with Gasteiger partial charge in [-0.3, -0.25) is 4.79 Å². The summed E-state index contributed by atoms with van der Waals surface area (Å²) < 4.78 is 64.4. The highest BCUT2D eigenvalue weighted by atomic mass is 19.4. The van der Waals surface area contributed by atoms with Crippen molar-refractivity contribution in [2.75, 3.05) is 57.0 Å². The number of amides is 1. The quantitative estimate of drug-likeness (QED) is 0.342. The van der Waals surface area contributed by atoms with E-state index in [9.17, 15) is 18.0 Å². The van der Waals surface area contributed by atoms with Crippen LogP contribution in [0.1, 0.15) is 24.0 Å². The normalized spacial score (nSPS) is 20.1. The van der Waals surface area contributed by atoms with Crippen LogP contribution in [0.2, 0.25) is 0 Å². The zero-order valence-electron chi connectivity index (χ0n) is 23.3. The maximum absolute atomic E-state index is 16.3. The van der Waals surface area contributed by atoms with Crippen LogP contribution in [0.5, 0.6) is 6.01 Å². The fourth-order valence-electron chi connectivity index (χ4n) is 6.39. The number of carbonyl (C=O) groups excluding carboxylic acids is 1. The predicted molar refractivity (Wildman–Crippen MR) is 149 cm³/mol. The van der Waals surface area contributed by atoms with Crippen molar-refractivity contribution in [1.29, 1.82) is 0 Å². The van der Waals surface area contributed by atoms with Crippen molar-refractivity contribution >= 4 is 28.4 Å². The molecule has 0 bridgehead atoms. The number of ether oxygens (including phenoxy) is 1. The number of fused-ring (bicyclic) bond motifs is 1. The van der Waals surface area contributed by atoms with Crippen LogP contribution in [-0.4, -0.2) is 83.1 Å². The van der Waals surface area contributed by atoms with Gasteiger partial charge in [0, 0.05) is 48.6 Å². The highest BCUT2D eigenvalue weighted by molar-refractivity contribution is 5.94. The number of halogens is 4. The zero-order chi connectivity index (χ0) is 30.0. The molecule has 6 rings (SSSR count). The second-order valence-electron chi connectivity index (χ2n) is 11.6. The topological polar surface area (TPSA) is 101 Å². The number of nitrogens with zero attached hydrogens (tertiary/aromatic N) is 6. The Morgan fingerprint density at radius 2 is 1.95 bits per heavy atom. The number of hydrogen-bond acceptors (Lipinski definition) is 8. The molecular weight excluding hydrogens is 554 g/mol. The second kappa shape index (κ2) is 10.1. The number of nitrogens with two attached hydrogens (primary N) is 1. The van der Waals surface area contributed by atoms with Crippen LogP contribution in [0.25, 0.3) is 22.2 Å². The van der Waals surface area contributed by atoms with E-state index < -0.39 is 23.3 Å². The van der Waals surface area contributed by atoms with Gasteiger partial charge in [0.2, 0.25) is 5.91 Å². The van der Waals surface area contributed by atoms with Crippen LogP contribution in [0.4, 0.5) is 29.2 Å². The molecule has 3 aliphatic rings. The molecule has 13 heteroatoms. The molecule has 3 saturated heterocycles. The van der Waals surface area contributed by atoms with Crippen LogP contribution in [0.3, 0.4) is 0 Å². The van der Waals surface area contributed by atoms with E-state index >= 15 is 4.39 Å². The Kier molecular flexibility index (Phi) is 6.75. The van der Waals surface area contributed by atoms with Gasteiger partial charge >= 0.3 is 12.2 Å². The number of hydrogen-bond donors (Lipinski definition) is 1. The summed E-state index contributed by atoms with van der Waals surface area (Å²) in [5.41, 5.74) is 3.34. The van der Waals surface area contributed by atoms with Gasteiger partial charge in [0.25, 0.3) is 0 Å². The number of anilines is 2. The SMILES string of the molecule is C=CC(=O)N1CC2(C1)CN(c1nc(OCC3CCCN3C)nc3c(F)c(-c4nc(N)cc(C)c4C(F)(F)F)ccc13)C2. The molecule has 1 aromatic carbocycles. The third kappa shape index (κ3) is 4.79. The minimum absolute atomic E-state index is 0.0559. The highest BCUT2D eigenvalue weighted by Crippen LogP contribution is 2.45. The molecule has 9 nitrogen and oxygen atoms in total. The lowest BCUT2D eigenvalue weighted by molar-refractivity contribution is -0.139. The number of aryl methyl sites for hydroxylation is 1. The molecule has 3 aliphatic heterocycles. The van der Waals surface area contributed by atoms with Gasteiger partial charge in [0.1, 0.15) is 23.8 Å². The van der Waals surface area contributed by atoms with E-state index in [0.29, 0.717) is 44.0 Å². The molecule has 2 aromatic heterocycles. The summed E-state index contributed by atoms with van der Waals surface area (Å²) in [5, 5.41) is 0.337. The molecule has 3 aromatic rings. The van der Waals surface area contributed by atoms with Crippen molar-refractivity contribution in [2.24, 2.45) is 5.41 Å². The maximum atomic E-state index is 16.3. The Morgan fingerprint density at radius 3 is 2.60 bits per heavy atom. The van der Waals surface area contributed by atoms with Crippen LogP contribution in [-0.2, 0) is 11.0 Å². The van der Waals surface area contributed by atoms with Crippen molar-refractivity contribution in [1.82, 2.24) is 24.8 Å². The van der Waals surface area contributed by atoms with Gasteiger partial charge in [-0.2, -0.15) is 23.1 Å². The van der Waals surface area contributed by atoms with E-state index in [0.717, 1.165) is 25.5 Å². The number of aromatic nitrogens is 3. The number of alkyl halides is 3. The van der Waals surface area contributed by atoms with Crippen LogP contribution in [0.15, 0.2) is 30.9 Å². The molecule has 1 unspecified atom stereocenters. The monoisotopic (exact) mass is 585 g/mol. The molecule has 0 radical (unpaired) electrons. The van der Waals surface area contributed by atoms with Crippen LogP contribution in [0, 0.1) is 18.2 Å². The first-order valence-corrected chi connectivity index (χ1v) is 13.7.